The number of halogens is 1. The van der Waals surface area contributed by atoms with E-state index < -0.39 is 0 Å². The highest BCUT2D eigenvalue weighted by molar-refractivity contribution is 7.99. The summed E-state index contributed by atoms with van der Waals surface area (Å²) in [5.41, 5.74) is 3.15. The van der Waals surface area contributed by atoms with Crippen LogP contribution in [0, 0.1) is 0 Å². The first-order valence-corrected chi connectivity index (χ1v) is 10.5. The molecule has 30 heavy (non-hydrogen) atoms. The van der Waals surface area contributed by atoms with E-state index in [-0.39, 0.29) is 11.7 Å². The molecule has 0 bridgehead atoms. The zero-order chi connectivity index (χ0) is 20.9. The highest BCUT2D eigenvalue weighted by atomic mass is 35.5. The number of imidazole rings is 1. The summed E-state index contributed by atoms with van der Waals surface area (Å²) < 4.78 is 8.86. The maximum Gasteiger partial charge on any atom is 0.234 e. The number of carbonyl (C=O) groups is 1. The summed E-state index contributed by atoms with van der Waals surface area (Å²) in [5, 5.41) is 8.32. The molecule has 0 aliphatic rings. The number of carbonyl (C=O) groups excluding carboxylic acids is 1. The lowest BCUT2D eigenvalue weighted by molar-refractivity contribution is -0.113. The Hall–Kier alpha value is -2.88. The van der Waals surface area contributed by atoms with E-state index in [0.29, 0.717) is 29.5 Å². The summed E-state index contributed by atoms with van der Waals surface area (Å²) in [7, 11) is 1.66. The van der Waals surface area contributed by atoms with Crippen LogP contribution in [0.25, 0.3) is 16.7 Å². The number of ether oxygens (including phenoxy) is 1. The van der Waals surface area contributed by atoms with E-state index in [4.69, 9.17) is 16.3 Å². The molecule has 0 spiro atoms. The largest absolute Gasteiger partial charge is 0.383 e. The van der Waals surface area contributed by atoms with Gasteiger partial charge in [0.15, 0.2) is 5.16 Å². The molecule has 0 unspecified atom stereocenters. The Bertz CT molecular complexity index is 1160. The van der Waals surface area contributed by atoms with Gasteiger partial charge in [-0.1, -0.05) is 35.5 Å². The van der Waals surface area contributed by atoms with E-state index in [9.17, 15) is 4.79 Å². The molecule has 0 saturated carbocycles. The first-order valence-electron chi connectivity index (χ1n) is 9.17. The van der Waals surface area contributed by atoms with Crippen molar-refractivity contribution in [3.8, 4) is 5.69 Å². The van der Waals surface area contributed by atoms with Crippen LogP contribution in [0.3, 0.4) is 0 Å². The third-order valence-corrected chi connectivity index (χ3v) is 5.58. The van der Waals surface area contributed by atoms with Crippen LogP contribution < -0.4 is 5.32 Å². The monoisotopic (exact) mass is 442 g/mol. The second-order valence-corrected chi connectivity index (χ2v) is 7.74. The number of rotatable bonds is 8. The molecule has 4 aromatic rings. The standard InChI is InChI=1S/C20H19ClN6O2S/c1-29-9-8-26-17-5-3-2-4-15(17)25-20(26)30-11-19(28)24-16-10-14(21)6-7-18(16)27-13-22-12-23-27/h2-7,10,12-13H,8-9,11H2,1H3,(H,24,28). The normalized spacial score (nSPS) is 11.1. The van der Waals surface area contributed by atoms with Crippen LogP contribution in [-0.2, 0) is 16.1 Å². The average molecular weight is 443 g/mol. The summed E-state index contributed by atoms with van der Waals surface area (Å²) in [6.07, 6.45) is 2.99. The Morgan fingerprint density at radius 3 is 2.93 bits per heavy atom. The summed E-state index contributed by atoms with van der Waals surface area (Å²) in [4.78, 5) is 21.3. The third kappa shape index (κ3) is 4.48. The topological polar surface area (TPSA) is 86.9 Å². The van der Waals surface area contributed by atoms with Gasteiger partial charge in [0.05, 0.1) is 34.8 Å². The number of nitrogens with one attached hydrogen (secondary N) is 1. The predicted molar refractivity (Wildman–Crippen MR) is 117 cm³/mol. The van der Waals surface area contributed by atoms with Crippen LogP contribution in [0.1, 0.15) is 0 Å². The van der Waals surface area contributed by atoms with Gasteiger partial charge in [0, 0.05) is 18.7 Å². The van der Waals surface area contributed by atoms with Crippen molar-refractivity contribution in [3.63, 3.8) is 0 Å². The van der Waals surface area contributed by atoms with Crippen LogP contribution >= 0.6 is 23.4 Å². The summed E-state index contributed by atoms with van der Waals surface area (Å²) in [6, 6.07) is 13.1. The lowest BCUT2D eigenvalue weighted by Crippen LogP contribution is -2.16. The molecule has 2 aromatic heterocycles. The van der Waals surface area contributed by atoms with Gasteiger partial charge in [-0.3, -0.25) is 4.79 Å². The minimum absolute atomic E-state index is 0.172. The first kappa shape index (κ1) is 20.4. The summed E-state index contributed by atoms with van der Waals surface area (Å²) in [6.45, 7) is 1.22. The van der Waals surface area contributed by atoms with Gasteiger partial charge in [0.1, 0.15) is 12.7 Å². The van der Waals surface area contributed by atoms with Crippen LogP contribution in [-0.4, -0.2) is 49.7 Å². The van der Waals surface area contributed by atoms with Crippen LogP contribution in [0.4, 0.5) is 5.69 Å². The number of methoxy groups -OCH3 is 1. The Morgan fingerprint density at radius 2 is 2.13 bits per heavy atom. The Balaban J connectivity index is 1.51. The third-order valence-electron chi connectivity index (χ3n) is 4.37. The molecule has 4 rings (SSSR count). The Kier molecular flexibility index (Phi) is 6.32. The number of benzene rings is 2. The lowest BCUT2D eigenvalue weighted by atomic mass is 10.2. The molecule has 2 heterocycles. The Labute approximate surface area is 182 Å². The summed E-state index contributed by atoms with van der Waals surface area (Å²) in [5.74, 6) is 0.0218. The number of amides is 1. The van der Waals surface area contributed by atoms with Crippen molar-refractivity contribution < 1.29 is 9.53 Å². The van der Waals surface area contributed by atoms with E-state index in [1.165, 1.54) is 18.1 Å². The van der Waals surface area contributed by atoms with Crippen molar-refractivity contribution in [2.45, 2.75) is 11.7 Å². The number of anilines is 1. The molecule has 154 valence electrons. The van der Waals surface area contributed by atoms with E-state index in [0.717, 1.165) is 16.2 Å². The minimum atomic E-state index is -0.172. The average Bonchev–Trinajstić information content (AvgIpc) is 3.39. The molecular formula is C20H19ClN6O2S. The van der Waals surface area contributed by atoms with Gasteiger partial charge in [0.2, 0.25) is 5.91 Å². The fourth-order valence-corrected chi connectivity index (χ4v) is 4.03. The smallest absolute Gasteiger partial charge is 0.234 e. The van der Waals surface area contributed by atoms with Gasteiger partial charge < -0.3 is 14.6 Å². The van der Waals surface area contributed by atoms with Gasteiger partial charge in [0.25, 0.3) is 0 Å². The number of aromatic nitrogens is 5. The quantitative estimate of drug-likeness (QED) is 0.419. The maximum atomic E-state index is 12.7. The van der Waals surface area contributed by atoms with Crippen molar-refractivity contribution in [3.05, 3.63) is 60.1 Å². The molecule has 0 fully saturated rings. The first-order chi connectivity index (χ1) is 14.7. The van der Waals surface area contributed by atoms with Crippen molar-refractivity contribution in [2.75, 3.05) is 24.8 Å². The van der Waals surface area contributed by atoms with Crippen molar-refractivity contribution in [1.82, 2.24) is 24.3 Å². The molecule has 10 heteroatoms. The molecule has 0 aliphatic heterocycles. The molecule has 2 aromatic carbocycles. The van der Waals surface area contributed by atoms with Gasteiger partial charge in [-0.15, -0.1) is 0 Å². The highest BCUT2D eigenvalue weighted by Gasteiger charge is 2.14. The number of thioether (sulfide) groups is 1. The molecule has 1 amide bonds. The molecular weight excluding hydrogens is 424 g/mol. The predicted octanol–water partition coefficient (Wildman–Crippen LogP) is 3.65. The van der Waals surface area contributed by atoms with Gasteiger partial charge in [-0.05, 0) is 30.3 Å². The second-order valence-electron chi connectivity index (χ2n) is 6.37. The fourth-order valence-electron chi connectivity index (χ4n) is 3.02. The Morgan fingerprint density at radius 1 is 1.27 bits per heavy atom. The van der Waals surface area contributed by atoms with Gasteiger partial charge in [-0.25, -0.2) is 14.6 Å². The van der Waals surface area contributed by atoms with E-state index >= 15 is 0 Å². The van der Waals surface area contributed by atoms with Gasteiger partial charge >= 0.3 is 0 Å². The van der Waals surface area contributed by atoms with Gasteiger partial charge in [-0.2, -0.15) is 5.10 Å². The van der Waals surface area contributed by atoms with Crippen molar-refractivity contribution >= 4 is 46.0 Å². The molecule has 0 saturated heterocycles. The van der Waals surface area contributed by atoms with E-state index in [2.05, 4.69) is 25.0 Å². The maximum absolute atomic E-state index is 12.7. The zero-order valence-corrected chi connectivity index (χ0v) is 17.7. The van der Waals surface area contributed by atoms with Crippen LogP contribution in [0.15, 0.2) is 60.3 Å². The van der Waals surface area contributed by atoms with Crippen molar-refractivity contribution in [1.29, 1.82) is 0 Å². The zero-order valence-electron chi connectivity index (χ0n) is 16.2. The van der Waals surface area contributed by atoms with Crippen LogP contribution in [0.2, 0.25) is 5.02 Å². The minimum Gasteiger partial charge on any atom is -0.383 e. The lowest BCUT2D eigenvalue weighted by Gasteiger charge is -2.12. The van der Waals surface area contributed by atoms with Crippen LogP contribution in [0.5, 0.6) is 0 Å². The summed E-state index contributed by atoms with van der Waals surface area (Å²) >= 11 is 7.50. The number of nitrogens with zero attached hydrogens (tertiary/aromatic N) is 5. The molecule has 8 nitrogen and oxygen atoms in total. The number of para-hydroxylation sites is 2. The number of hydrogen-bond donors (Lipinski definition) is 1. The van der Waals surface area contributed by atoms with E-state index in [1.807, 2.05) is 24.3 Å². The molecule has 1 N–H and O–H groups in total. The number of fused-ring (bicyclic) bond motifs is 1. The molecule has 0 atom stereocenters. The number of hydrogen-bond acceptors (Lipinski definition) is 6. The molecule has 0 radical (unpaired) electrons. The van der Waals surface area contributed by atoms with E-state index in [1.54, 1.807) is 36.3 Å². The fraction of sp³-hybridized carbons (Fsp3) is 0.200. The molecule has 0 aliphatic carbocycles. The SMILES string of the molecule is COCCn1c(SCC(=O)Nc2cc(Cl)ccc2-n2cncn2)nc2ccccc21. The van der Waals surface area contributed by atoms with Crippen molar-refractivity contribution in [2.24, 2.45) is 0 Å². The second kappa shape index (κ2) is 9.29. The highest BCUT2D eigenvalue weighted by Crippen LogP contribution is 2.26.